The SMILES string of the molecule is CCOc1cc(C(=O)N2CCC(NC)C2)ccc1Nc1cc2c(cn1)N(C)C(=O)c1occc1N2C. The van der Waals surface area contributed by atoms with Crippen LogP contribution >= 0.6 is 0 Å². The number of carbonyl (C=O) groups is 2. The van der Waals surface area contributed by atoms with Crippen molar-refractivity contribution in [2.75, 3.05) is 56.0 Å². The Balaban J connectivity index is 1.43. The molecule has 2 N–H and O–H groups in total. The number of aromatic nitrogens is 1. The number of benzene rings is 1. The molecule has 0 radical (unpaired) electrons. The Bertz CT molecular complexity index is 1310. The number of nitrogens with zero attached hydrogens (tertiary/aromatic N) is 4. The van der Waals surface area contributed by atoms with Gasteiger partial charge in [-0.1, -0.05) is 0 Å². The lowest BCUT2D eigenvalue weighted by molar-refractivity contribution is 0.0789. The Hall–Kier alpha value is -4.05. The van der Waals surface area contributed by atoms with Crippen LogP contribution in [-0.4, -0.2) is 68.6 Å². The van der Waals surface area contributed by atoms with E-state index in [4.69, 9.17) is 9.15 Å². The smallest absolute Gasteiger partial charge is 0.296 e. The van der Waals surface area contributed by atoms with Gasteiger partial charge in [0.15, 0.2) is 0 Å². The number of hydrogen-bond donors (Lipinski definition) is 2. The third-order valence-electron chi connectivity index (χ3n) is 6.76. The zero-order valence-electron chi connectivity index (χ0n) is 20.9. The summed E-state index contributed by atoms with van der Waals surface area (Å²) >= 11 is 0. The predicted octanol–water partition coefficient (Wildman–Crippen LogP) is 3.61. The highest BCUT2D eigenvalue weighted by Gasteiger charge is 2.31. The first-order valence-electron chi connectivity index (χ1n) is 12.0. The summed E-state index contributed by atoms with van der Waals surface area (Å²) < 4.78 is 11.3. The molecule has 5 rings (SSSR count). The fourth-order valence-corrected chi connectivity index (χ4v) is 4.69. The predicted molar refractivity (Wildman–Crippen MR) is 138 cm³/mol. The van der Waals surface area contributed by atoms with Gasteiger partial charge in [-0.25, -0.2) is 4.98 Å². The molecule has 188 valence electrons. The lowest BCUT2D eigenvalue weighted by atomic mass is 10.1. The lowest BCUT2D eigenvalue weighted by Gasteiger charge is -2.22. The van der Waals surface area contributed by atoms with E-state index >= 15 is 0 Å². The fraction of sp³-hybridized carbons (Fsp3) is 0.346. The number of anilines is 5. The Labute approximate surface area is 209 Å². The van der Waals surface area contributed by atoms with Crippen LogP contribution in [0.2, 0.25) is 0 Å². The average molecular weight is 491 g/mol. The largest absolute Gasteiger partial charge is 0.492 e. The van der Waals surface area contributed by atoms with E-state index in [2.05, 4.69) is 15.6 Å². The second kappa shape index (κ2) is 9.54. The molecule has 36 heavy (non-hydrogen) atoms. The Morgan fingerprint density at radius 1 is 1.17 bits per heavy atom. The molecule has 2 aliphatic heterocycles. The standard InChI is InChI=1S/C26H30N6O4/c1-5-35-22-12-16(25(33)32-10-8-17(15-32)27-2)6-7-18(22)29-23-13-20-21(14-28-23)31(4)26(34)24-19(30(20)3)9-11-36-24/h6-7,9,11-14,17,27H,5,8,10,15H2,1-4H3,(H,28,29). The topological polar surface area (TPSA) is 103 Å². The van der Waals surface area contributed by atoms with Gasteiger partial charge < -0.3 is 34.5 Å². The molecule has 0 saturated carbocycles. The molecule has 10 heteroatoms. The van der Waals surface area contributed by atoms with Gasteiger partial charge in [-0.2, -0.15) is 0 Å². The lowest BCUT2D eigenvalue weighted by Crippen LogP contribution is -2.33. The molecular weight excluding hydrogens is 460 g/mol. The van der Waals surface area contributed by atoms with E-state index in [0.29, 0.717) is 53.4 Å². The number of ether oxygens (including phenoxy) is 1. The van der Waals surface area contributed by atoms with E-state index in [0.717, 1.165) is 18.7 Å². The molecule has 4 heterocycles. The first kappa shape index (κ1) is 23.7. The molecule has 2 aliphatic rings. The van der Waals surface area contributed by atoms with Crippen LogP contribution < -0.4 is 25.2 Å². The first-order chi connectivity index (χ1) is 17.4. The fourth-order valence-electron chi connectivity index (χ4n) is 4.69. The zero-order valence-corrected chi connectivity index (χ0v) is 20.9. The molecule has 1 aromatic carbocycles. The van der Waals surface area contributed by atoms with Crippen LogP contribution in [0.1, 0.15) is 34.3 Å². The molecule has 1 saturated heterocycles. The molecule has 1 unspecified atom stereocenters. The van der Waals surface area contributed by atoms with Crippen LogP contribution in [0, 0.1) is 0 Å². The number of hydrogen-bond acceptors (Lipinski definition) is 8. The van der Waals surface area contributed by atoms with Crippen molar-refractivity contribution >= 4 is 40.4 Å². The van der Waals surface area contributed by atoms with Gasteiger partial charge >= 0.3 is 0 Å². The third-order valence-corrected chi connectivity index (χ3v) is 6.76. The summed E-state index contributed by atoms with van der Waals surface area (Å²) in [4.78, 5) is 35.7. The van der Waals surface area contributed by atoms with Crippen LogP contribution in [0.25, 0.3) is 0 Å². The molecule has 2 aromatic heterocycles. The van der Waals surface area contributed by atoms with Crippen LogP contribution in [-0.2, 0) is 0 Å². The van der Waals surface area contributed by atoms with Gasteiger partial charge in [0.25, 0.3) is 11.8 Å². The number of likely N-dealkylation sites (N-methyl/N-ethyl adjacent to an activating group) is 1. The average Bonchev–Trinajstić information content (AvgIpc) is 3.57. The van der Waals surface area contributed by atoms with Gasteiger partial charge in [0, 0.05) is 50.9 Å². The van der Waals surface area contributed by atoms with Crippen molar-refractivity contribution in [3.63, 3.8) is 0 Å². The number of fused-ring (bicyclic) bond motifs is 2. The molecule has 0 spiro atoms. The van der Waals surface area contributed by atoms with E-state index in [1.807, 2.05) is 43.0 Å². The summed E-state index contributed by atoms with van der Waals surface area (Å²) in [6, 6.07) is 9.39. The summed E-state index contributed by atoms with van der Waals surface area (Å²) in [5.74, 6) is 1.19. The van der Waals surface area contributed by atoms with Crippen LogP contribution in [0.15, 0.2) is 47.2 Å². The number of pyridine rings is 1. The molecule has 1 fully saturated rings. The first-order valence-corrected chi connectivity index (χ1v) is 12.0. The van der Waals surface area contributed by atoms with Crippen molar-refractivity contribution in [3.8, 4) is 5.75 Å². The van der Waals surface area contributed by atoms with Crippen LogP contribution in [0.5, 0.6) is 5.75 Å². The number of carbonyl (C=O) groups excluding carboxylic acids is 2. The summed E-state index contributed by atoms with van der Waals surface area (Å²) in [5.41, 5.74) is 3.42. The minimum absolute atomic E-state index is 0.00588. The third kappa shape index (κ3) is 4.13. The van der Waals surface area contributed by atoms with Gasteiger partial charge in [-0.05, 0) is 38.6 Å². The van der Waals surface area contributed by atoms with E-state index in [9.17, 15) is 9.59 Å². The Kier molecular flexibility index (Phi) is 6.27. The summed E-state index contributed by atoms with van der Waals surface area (Å²) in [7, 11) is 5.50. The highest BCUT2D eigenvalue weighted by molar-refractivity contribution is 6.11. The Morgan fingerprint density at radius 2 is 2.00 bits per heavy atom. The van der Waals surface area contributed by atoms with E-state index < -0.39 is 0 Å². The molecular formula is C26H30N6O4. The zero-order chi connectivity index (χ0) is 25.4. The number of furan rings is 1. The van der Waals surface area contributed by atoms with Crippen molar-refractivity contribution < 1.29 is 18.7 Å². The van der Waals surface area contributed by atoms with E-state index in [-0.39, 0.29) is 17.6 Å². The molecule has 0 bridgehead atoms. The highest BCUT2D eigenvalue weighted by atomic mass is 16.5. The maximum Gasteiger partial charge on any atom is 0.296 e. The van der Waals surface area contributed by atoms with Crippen LogP contribution in [0.3, 0.4) is 0 Å². The number of rotatable bonds is 6. The van der Waals surface area contributed by atoms with Gasteiger partial charge in [0.2, 0.25) is 5.76 Å². The van der Waals surface area contributed by atoms with Gasteiger partial charge in [0.05, 0.1) is 41.8 Å². The second-order valence-corrected chi connectivity index (χ2v) is 8.91. The summed E-state index contributed by atoms with van der Waals surface area (Å²) in [5, 5.41) is 6.56. The van der Waals surface area contributed by atoms with Crippen molar-refractivity contribution in [1.29, 1.82) is 0 Å². The van der Waals surface area contributed by atoms with E-state index in [1.54, 1.807) is 31.4 Å². The van der Waals surface area contributed by atoms with Crippen LogP contribution in [0.4, 0.5) is 28.6 Å². The maximum atomic E-state index is 13.1. The number of amides is 2. The molecule has 3 aromatic rings. The normalized spacial score (nSPS) is 17.1. The second-order valence-electron chi connectivity index (χ2n) is 8.91. The summed E-state index contributed by atoms with van der Waals surface area (Å²) in [6.07, 6.45) is 4.11. The minimum atomic E-state index is -0.235. The van der Waals surface area contributed by atoms with Gasteiger partial charge in [0.1, 0.15) is 11.6 Å². The van der Waals surface area contributed by atoms with Crippen molar-refractivity contribution in [1.82, 2.24) is 15.2 Å². The maximum absolute atomic E-state index is 13.1. The number of nitrogens with one attached hydrogen (secondary N) is 2. The van der Waals surface area contributed by atoms with Crippen molar-refractivity contribution in [2.45, 2.75) is 19.4 Å². The molecule has 10 nitrogen and oxygen atoms in total. The molecule has 1 atom stereocenters. The highest BCUT2D eigenvalue weighted by Crippen LogP contribution is 2.41. The molecule has 2 amide bonds. The van der Waals surface area contributed by atoms with Crippen molar-refractivity contribution in [2.24, 2.45) is 0 Å². The minimum Gasteiger partial charge on any atom is -0.492 e. The van der Waals surface area contributed by atoms with Crippen molar-refractivity contribution in [3.05, 3.63) is 54.1 Å². The van der Waals surface area contributed by atoms with Gasteiger partial charge in [-0.3, -0.25) is 9.59 Å². The Morgan fingerprint density at radius 3 is 2.75 bits per heavy atom. The quantitative estimate of drug-likeness (QED) is 0.540. The van der Waals surface area contributed by atoms with Gasteiger partial charge in [-0.15, -0.1) is 0 Å². The number of likely N-dealkylation sites (tertiary alicyclic amines) is 1. The monoisotopic (exact) mass is 490 g/mol. The molecule has 0 aliphatic carbocycles. The summed E-state index contributed by atoms with van der Waals surface area (Å²) in [6.45, 7) is 3.78. The van der Waals surface area contributed by atoms with E-state index in [1.165, 1.54) is 11.2 Å².